The van der Waals surface area contributed by atoms with E-state index in [1.165, 1.54) is 6.92 Å². The molecule has 2 aromatic carbocycles. The van der Waals surface area contributed by atoms with E-state index in [1.54, 1.807) is 0 Å². The molecule has 3 unspecified atom stereocenters. The highest BCUT2D eigenvalue weighted by atomic mass is 19.4. The first kappa shape index (κ1) is 26.4. The van der Waals surface area contributed by atoms with Gasteiger partial charge in [0.1, 0.15) is 6.61 Å². The molecule has 36 heavy (non-hydrogen) atoms. The number of rotatable bonds is 5. The van der Waals surface area contributed by atoms with Crippen LogP contribution < -0.4 is 10.6 Å². The molecule has 2 aliphatic rings. The van der Waals surface area contributed by atoms with Gasteiger partial charge in [0.15, 0.2) is 0 Å². The van der Waals surface area contributed by atoms with Crippen LogP contribution in [-0.2, 0) is 32.2 Å². The Bertz CT molecular complexity index is 1050. The predicted molar refractivity (Wildman–Crippen MR) is 118 cm³/mol. The van der Waals surface area contributed by atoms with Crippen LogP contribution in [0.1, 0.15) is 48.1 Å². The van der Waals surface area contributed by atoms with E-state index in [4.69, 9.17) is 9.47 Å². The van der Waals surface area contributed by atoms with Gasteiger partial charge in [-0.05, 0) is 49.1 Å². The van der Waals surface area contributed by atoms with Crippen molar-refractivity contribution in [3.8, 4) is 0 Å². The molecule has 0 bridgehead atoms. The molecule has 3 atom stereocenters. The minimum atomic E-state index is -4.94. The Morgan fingerprint density at radius 3 is 2.17 bits per heavy atom. The minimum Gasteiger partial charge on any atom is -0.372 e. The van der Waals surface area contributed by atoms with Crippen LogP contribution in [0.3, 0.4) is 0 Å². The maximum Gasteiger partial charge on any atom is 0.416 e. The van der Waals surface area contributed by atoms with E-state index >= 15 is 0 Å². The van der Waals surface area contributed by atoms with Gasteiger partial charge in [-0.15, -0.1) is 0 Å². The Kier molecular flexibility index (Phi) is 7.11. The van der Waals surface area contributed by atoms with Crippen molar-refractivity contribution in [1.82, 2.24) is 10.6 Å². The zero-order chi connectivity index (χ0) is 26.2. The highest BCUT2D eigenvalue weighted by Gasteiger charge is 2.46. The van der Waals surface area contributed by atoms with E-state index in [2.05, 4.69) is 10.6 Å². The Hall–Kier alpha value is -2.63. The van der Waals surface area contributed by atoms with Gasteiger partial charge in [-0.1, -0.05) is 30.3 Å². The van der Waals surface area contributed by atoms with Gasteiger partial charge in [0.2, 0.25) is 5.91 Å². The van der Waals surface area contributed by atoms with E-state index in [-0.39, 0.29) is 30.8 Å². The Morgan fingerprint density at radius 1 is 1.00 bits per heavy atom. The summed E-state index contributed by atoms with van der Waals surface area (Å²) >= 11 is 0. The van der Waals surface area contributed by atoms with Crippen LogP contribution in [0.2, 0.25) is 0 Å². The molecule has 2 N–H and O–H groups in total. The summed E-state index contributed by atoms with van der Waals surface area (Å²) in [4.78, 5) is 11.9. The molecule has 2 heterocycles. The van der Waals surface area contributed by atoms with Crippen LogP contribution in [0.5, 0.6) is 0 Å². The van der Waals surface area contributed by atoms with Crippen LogP contribution in [0.4, 0.5) is 26.3 Å². The molecule has 2 aliphatic heterocycles. The van der Waals surface area contributed by atoms with Crippen LogP contribution in [-0.4, -0.2) is 37.8 Å². The molecule has 0 saturated carbocycles. The Morgan fingerprint density at radius 2 is 1.64 bits per heavy atom. The van der Waals surface area contributed by atoms with Gasteiger partial charge in [-0.2, -0.15) is 26.3 Å². The van der Waals surface area contributed by atoms with Crippen LogP contribution >= 0.6 is 0 Å². The molecule has 2 saturated heterocycles. The van der Waals surface area contributed by atoms with Crippen molar-refractivity contribution in [3.05, 3.63) is 70.8 Å². The van der Waals surface area contributed by atoms with Crippen LogP contribution in [0.25, 0.3) is 0 Å². The lowest BCUT2D eigenvalue weighted by atomic mass is 9.76. The quantitative estimate of drug-likeness (QED) is 0.552. The molecule has 11 heteroatoms. The topological polar surface area (TPSA) is 59.6 Å². The standard InChI is InChI=1S/C25H26F6N2O3/c1-16(17-9-19(24(26,27)28)11-20(10-17)25(29,30)31)36-15-23(18-5-3-2-4-6-18)8-7-22(13-32-23)14-35-12-21(34)33-22/h2-6,9-11,16,32H,7-8,12-15H2,1H3,(H,33,34). The van der Waals surface area contributed by atoms with E-state index in [1.807, 2.05) is 30.3 Å². The fourth-order valence-electron chi connectivity index (χ4n) is 4.69. The zero-order valence-electron chi connectivity index (χ0n) is 19.4. The van der Waals surface area contributed by atoms with Gasteiger partial charge in [0, 0.05) is 6.54 Å². The normalized spacial score (nSPS) is 26.0. The molecule has 196 valence electrons. The molecule has 0 aliphatic carbocycles. The van der Waals surface area contributed by atoms with Crippen molar-refractivity contribution in [1.29, 1.82) is 0 Å². The fourth-order valence-corrected chi connectivity index (χ4v) is 4.69. The highest BCUT2D eigenvalue weighted by Crippen LogP contribution is 2.40. The molecule has 0 radical (unpaired) electrons. The molecule has 4 rings (SSSR count). The third kappa shape index (κ3) is 5.68. The summed E-state index contributed by atoms with van der Waals surface area (Å²) in [6.07, 6.45) is -9.90. The number of nitrogens with one attached hydrogen (secondary N) is 2. The van der Waals surface area contributed by atoms with Gasteiger partial charge in [0.25, 0.3) is 0 Å². The summed E-state index contributed by atoms with van der Waals surface area (Å²) in [5, 5.41) is 6.40. The number of carbonyl (C=O) groups is 1. The van der Waals surface area contributed by atoms with Gasteiger partial charge < -0.3 is 20.1 Å². The highest BCUT2D eigenvalue weighted by molar-refractivity contribution is 5.78. The summed E-state index contributed by atoms with van der Waals surface area (Å²) in [5.41, 5.74) is -3.49. The van der Waals surface area contributed by atoms with Crippen molar-refractivity contribution in [3.63, 3.8) is 0 Å². The van der Waals surface area contributed by atoms with Gasteiger partial charge >= 0.3 is 12.4 Å². The van der Waals surface area contributed by atoms with E-state index in [9.17, 15) is 31.1 Å². The maximum atomic E-state index is 13.3. The number of hydrogen-bond donors (Lipinski definition) is 2. The van der Waals surface area contributed by atoms with E-state index in [0.717, 1.165) is 5.56 Å². The summed E-state index contributed by atoms with van der Waals surface area (Å²) in [7, 11) is 0. The maximum absolute atomic E-state index is 13.3. The molecule has 2 fully saturated rings. The number of ether oxygens (including phenoxy) is 2. The third-order valence-corrected chi connectivity index (χ3v) is 6.80. The van der Waals surface area contributed by atoms with Crippen LogP contribution in [0.15, 0.2) is 48.5 Å². The number of alkyl halides is 6. The first-order chi connectivity index (χ1) is 16.8. The summed E-state index contributed by atoms with van der Waals surface area (Å²) in [6.45, 7) is 2.09. The van der Waals surface area contributed by atoms with Crippen molar-refractivity contribution >= 4 is 5.91 Å². The lowest BCUT2D eigenvalue weighted by molar-refractivity contribution is -0.143. The van der Waals surface area contributed by atoms with Crippen molar-refractivity contribution in [2.24, 2.45) is 0 Å². The largest absolute Gasteiger partial charge is 0.416 e. The number of morpholine rings is 1. The van der Waals surface area contributed by atoms with Crippen molar-refractivity contribution < 1.29 is 40.6 Å². The molecule has 0 aromatic heterocycles. The second-order valence-electron chi connectivity index (χ2n) is 9.42. The van der Waals surface area contributed by atoms with Crippen molar-refractivity contribution in [2.45, 2.75) is 49.3 Å². The average molecular weight is 516 g/mol. The van der Waals surface area contributed by atoms with E-state index in [0.29, 0.717) is 38.1 Å². The monoisotopic (exact) mass is 516 g/mol. The third-order valence-electron chi connectivity index (χ3n) is 6.80. The van der Waals surface area contributed by atoms with E-state index < -0.39 is 40.7 Å². The summed E-state index contributed by atoms with van der Waals surface area (Å²) < 4.78 is 91.2. The molecule has 1 spiro atoms. The van der Waals surface area contributed by atoms with Gasteiger partial charge in [-0.25, -0.2) is 0 Å². The lowest BCUT2D eigenvalue weighted by Crippen LogP contribution is -2.68. The number of halogens is 6. The second kappa shape index (κ2) is 9.68. The van der Waals surface area contributed by atoms with Crippen molar-refractivity contribution in [2.75, 3.05) is 26.4 Å². The number of amides is 1. The average Bonchev–Trinajstić information content (AvgIpc) is 2.83. The second-order valence-corrected chi connectivity index (χ2v) is 9.42. The number of carbonyl (C=O) groups excluding carboxylic acids is 1. The molecule has 1 amide bonds. The fraction of sp³-hybridized carbons (Fsp3) is 0.480. The summed E-state index contributed by atoms with van der Waals surface area (Å²) in [6, 6.07) is 10.7. The smallest absolute Gasteiger partial charge is 0.372 e. The Labute approximate surface area is 204 Å². The summed E-state index contributed by atoms with van der Waals surface area (Å²) in [5.74, 6) is -0.217. The molecule has 2 aromatic rings. The number of piperidine rings is 1. The molecule has 5 nitrogen and oxygen atoms in total. The molecular weight excluding hydrogens is 490 g/mol. The first-order valence-corrected chi connectivity index (χ1v) is 11.4. The Balaban J connectivity index is 1.57. The SMILES string of the molecule is CC(OCC1(c2ccccc2)CCC2(CN1)COCC(=O)N2)c1cc(C(F)(F)F)cc(C(F)(F)F)c1. The minimum absolute atomic E-state index is 0.0108. The van der Waals surface area contributed by atoms with Crippen LogP contribution in [0, 0.1) is 0 Å². The molecular formula is C25H26F6N2O3. The number of hydrogen-bond acceptors (Lipinski definition) is 4. The lowest BCUT2D eigenvalue weighted by Gasteiger charge is -2.49. The zero-order valence-corrected chi connectivity index (χ0v) is 19.4. The predicted octanol–water partition coefficient (Wildman–Crippen LogP) is 4.97. The number of benzene rings is 2. The first-order valence-electron chi connectivity index (χ1n) is 11.4. The van der Waals surface area contributed by atoms with Gasteiger partial charge in [0.05, 0.1) is 41.5 Å². The van der Waals surface area contributed by atoms with Gasteiger partial charge in [-0.3, -0.25) is 4.79 Å².